The molecule has 0 aliphatic rings. The fraction of sp³-hybridized carbons (Fsp3) is 0.167. The van der Waals surface area contributed by atoms with Crippen molar-refractivity contribution in [2.45, 2.75) is 11.9 Å². The van der Waals surface area contributed by atoms with Crippen molar-refractivity contribution in [3.05, 3.63) is 56.3 Å². The van der Waals surface area contributed by atoms with E-state index in [9.17, 15) is 10.1 Å². The number of halogens is 1. The summed E-state index contributed by atoms with van der Waals surface area (Å²) in [5.74, 6) is 0.302. The van der Waals surface area contributed by atoms with Gasteiger partial charge in [0, 0.05) is 11.4 Å². The molecular weight excluding hydrogens is 318 g/mol. The van der Waals surface area contributed by atoms with Gasteiger partial charge in [-0.25, -0.2) is 0 Å². The Kier molecular flexibility index (Phi) is 4.33. The normalized spacial score (nSPS) is 10.3. The Balaban J connectivity index is 2.18. The van der Waals surface area contributed by atoms with Crippen molar-refractivity contribution in [2.24, 2.45) is 0 Å². The molecule has 2 aromatic rings. The number of thiophene rings is 1. The van der Waals surface area contributed by atoms with Gasteiger partial charge in [-0.05, 0) is 34.0 Å². The van der Waals surface area contributed by atoms with Crippen molar-refractivity contribution >= 4 is 33.0 Å². The van der Waals surface area contributed by atoms with Crippen molar-refractivity contribution in [1.29, 1.82) is 0 Å². The summed E-state index contributed by atoms with van der Waals surface area (Å²) in [6, 6.07) is 6.91. The second kappa shape index (κ2) is 5.97. The molecule has 0 aliphatic heterocycles. The molecule has 1 aromatic carbocycles. The number of nitrogens with zero attached hydrogens (tertiary/aromatic N) is 1. The third-order valence-electron chi connectivity index (χ3n) is 2.35. The minimum absolute atomic E-state index is 0.00202. The first-order valence-electron chi connectivity index (χ1n) is 5.18. The van der Waals surface area contributed by atoms with Crippen LogP contribution in [0.25, 0.3) is 0 Å². The molecule has 1 heterocycles. The van der Waals surface area contributed by atoms with Crippen LogP contribution in [-0.4, -0.2) is 4.92 Å². The zero-order valence-corrected chi connectivity index (χ0v) is 11.7. The summed E-state index contributed by atoms with van der Waals surface area (Å²) in [7, 11) is 0. The van der Waals surface area contributed by atoms with E-state index in [1.54, 1.807) is 17.4 Å². The van der Waals surface area contributed by atoms with Gasteiger partial charge in [-0.2, -0.15) is 11.3 Å². The first-order chi connectivity index (χ1) is 8.70. The first-order valence-corrected chi connectivity index (χ1v) is 7.24. The van der Waals surface area contributed by atoms with Gasteiger partial charge >= 0.3 is 5.69 Å². The third-order valence-corrected chi connectivity index (χ3v) is 3.73. The highest BCUT2D eigenvalue weighted by Gasteiger charge is 2.15. The molecule has 0 saturated heterocycles. The van der Waals surface area contributed by atoms with E-state index < -0.39 is 4.92 Å². The quantitative estimate of drug-likeness (QED) is 0.471. The molecule has 2 rings (SSSR count). The summed E-state index contributed by atoms with van der Waals surface area (Å²) >= 11 is 4.85. The Labute approximate surface area is 116 Å². The number of nitro benzene ring substituents is 1. The summed E-state index contributed by atoms with van der Waals surface area (Å²) in [6.45, 7) is 0.345. The van der Waals surface area contributed by atoms with E-state index in [0.717, 1.165) is 11.1 Å². The maximum atomic E-state index is 11.0. The van der Waals surface area contributed by atoms with E-state index in [4.69, 9.17) is 4.74 Å². The molecule has 0 saturated carbocycles. The summed E-state index contributed by atoms with van der Waals surface area (Å²) in [5.41, 5.74) is 1.87. The highest BCUT2D eigenvalue weighted by molar-refractivity contribution is 9.08. The van der Waals surface area contributed by atoms with Gasteiger partial charge in [-0.1, -0.05) is 22.0 Å². The Bertz CT molecular complexity index is 542. The lowest BCUT2D eigenvalue weighted by Crippen LogP contribution is -1.99. The summed E-state index contributed by atoms with van der Waals surface area (Å²) in [5, 5.41) is 15.4. The van der Waals surface area contributed by atoms with Crippen LogP contribution < -0.4 is 4.74 Å². The van der Waals surface area contributed by atoms with Gasteiger partial charge in [0.25, 0.3) is 0 Å². The van der Waals surface area contributed by atoms with Crippen molar-refractivity contribution in [3.8, 4) is 5.75 Å². The number of hydrogen-bond acceptors (Lipinski definition) is 4. The minimum Gasteiger partial charge on any atom is -0.482 e. The molecular formula is C12H10BrNO3S. The lowest BCUT2D eigenvalue weighted by Gasteiger charge is -2.06. The predicted molar refractivity (Wildman–Crippen MR) is 74.4 cm³/mol. The molecule has 0 bridgehead atoms. The van der Waals surface area contributed by atoms with Crippen LogP contribution in [0, 0.1) is 10.1 Å². The number of nitro groups is 1. The third kappa shape index (κ3) is 3.08. The maximum Gasteiger partial charge on any atom is 0.311 e. The Morgan fingerprint density at radius 2 is 2.17 bits per heavy atom. The van der Waals surface area contributed by atoms with Gasteiger partial charge in [0.15, 0.2) is 5.75 Å². The summed E-state index contributed by atoms with van der Waals surface area (Å²) in [4.78, 5) is 10.5. The maximum absolute atomic E-state index is 11.0. The second-order valence-corrected chi connectivity index (χ2v) is 4.95. The van der Waals surface area contributed by atoms with E-state index in [0.29, 0.717) is 17.7 Å². The smallest absolute Gasteiger partial charge is 0.311 e. The molecule has 0 aliphatic carbocycles. The fourth-order valence-electron chi connectivity index (χ4n) is 1.45. The molecule has 0 unspecified atom stereocenters. The molecule has 0 atom stereocenters. The molecule has 0 amide bonds. The SMILES string of the molecule is O=[N+]([O-])c1cc(CBr)ccc1OCc1ccsc1. The standard InChI is InChI=1S/C12H10BrNO3S/c13-6-9-1-2-12(11(5-9)14(15)16)17-7-10-3-4-18-8-10/h1-5,8H,6-7H2. The molecule has 0 N–H and O–H groups in total. The van der Waals surface area contributed by atoms with E-state index in [-0.39, 0.29) is 5.69 Å². The number of alkyl halides is 1. The van der Waals surface area contributed by atoms with Gasteiger partial charge in [-0.3, -0.25) is 10.1 Å². The van der Waals surface area contributed by atoms with Crippen LogP contribution in [-0.2, 0) is 11.9 Å². The van der Waals surface area contributed by atoms with Crippen molar-refractivity contribution < 1.29 is 9.66 Å². The molecule has 1 aromatic heterocycles. The molecule has 0 spiro atoms. The van der Waals surface area contributed by atoms with E-state index in [2.05, 4.69) is 15.9 Å². The number of hydrogen-bond donors (Lipinski definition) is 0. The average molecular weight is 328 g/mol. The predicted octanol–water partition coefficient (Wildman–Crippen LogP) is 4.13. The fourth-order valence-corrected chi connectivity index (χ4v) is 2.45. The first kappa shape index (κ1) is 13.0. The molecule has 18 heavy (non-hydrogen) atoms. The van der Waals surface area contributed by atoms with Crippen molar-refractivity contribution in [1.82, 2.24) is 0 Å². The summed E-state index contributed by atoms with van der Waals surface area (Å²) < 4.78 is 5.49. The zero-order valence-electron chi connectivity index (χ0n) is 9.34. The molecule has 94 valence electrons. The van der Waals surface area contributed by atoms with Crippen LogP contribution in [0.5, 0.6) is 5.75 Å². The van der Waals surface area contributed by atoms with Gasteiger partial charge in [0.1, 0.15) is 6.61 Å². The molecule has 0 fully saturated rings. The van der Waals surface area contributed by atoms with Crippen LogP contribution in [0.3, 0.4) is 0 Å². The monoisotopic (exact) mass is 327 g/mol. The second-order valence-electron chi connectivity index (χ2n) is 3.61. The highest BCUT2D eigenvalue weighted by atomic mass is 79.9. The van der Waals surface area contributed by atoms with Crippen LogP contribution in [0.2, 0.25) is 0 Å². The minimum atomic E-state index is -0.422. The van der Waals surface area contributed by atoms with Crippen LogP contribution in [0.15, 0.2) is 35.0 Å². The largest absolute Gasteiger partial charge is 0.482 e. The Morgan fingerprint density at radius 1 is 1.33 bits per heavy atom. The van der Waals surface area contributed by atoms with Gasteiger partial charge < -0.3 is 4.74 Å². The number of rotatable bonds is 5. The van der Waals surface area contributed by atoms with Crippen LogP contribution >= 0.6 is 27.3 Å². The van der Waals surface area contributed by atoms with Gasteiger partial charge in [0.2, 0.25) is 0 Å². The van der Waals surface area contributed by atoms with E-state index in [1.165, 1.54) is 6.07 Å². The topological polar surface area (TPSA) is 52.4 Å². The Hall–Kier alpha value is -1.40. The summed E-state index contributed by atoms with van der Waals surface area (Å²) in [6.07, 6.45) is 0. The van der Waals surface area contributed by atoms with E-state index in [1.807, 2.05) is 22.9 Å². The van der Waals surface area contributed by atoms with Crippen LogP contribution in [0.4, 0.5) is 5.69 Å². The zero-order chi connectivity index (χ0) is 13.0. The van der Waals surface area contributed by atoms with Gasteiger partial charge in [0.05, 0.1) is 4.92 Å². The lowest BCUT2D eigenvalue weighted by atomic mass is 10.2. The Morgan fingerprint density at radius 3 is 2.78 bits per heavy atom. The molecule has 4 nitrogen and oxygen atoms in total. The van der Waals surface area contributed by atoms with Crippen LogP contribution in [0.1, 0.15) is 11.1 Å². The van der Waals surface area contributed by atoms with Crippen molar-refractivity contribution in [2.75, 3.05) is 0 Å². The molecule has 0 radical (unpaired) electrons. The van der Waals surface area contributed by atoms with Crippen molar-refractivity contribution in [3.63, 3.8) is 0 Å². The highest BCUT2D eigenvalue weighted by Crippen LogP contribution is 2.29. The lowest BCUT2D eigenvalue weighted by molar-refractivity contribution is -0.386. The number of benzene rings is 1. The number of ether oxygens (including phenoxy) is 1. The average Bonchev–Trinajstić information content (AvgIpc) is 2.89. The molecule has 6 heteroatoms. The van der Waals surface area contributed by atoms with E-state index >= 15 is 0 Å². The van der Waals surface area contributed by atoms with Gasteiger partial charge in [-0.15, -0.1) is 0 Å².